The van der Waals surface area contributed by atoms with Gasteiger partial charge in [0.15, 0.2) is 0 Å². The fraction of sp³-hybridized carbons (Fsp3) is 0.286. The zero-order valence-electron chi connectivity index (χ0n) is 11.1. The summed E-state index contributed by atoms with van der Waals surface area (Å²) in [5, 5.41) is 10.6. The smallest absolute Gasteiger partial charge is 0.304 e. The molecule has 0 aliphatic rings. The minimum absolute atomic E-state index is 0.0391. The minimum atomic E-state index is -0.812. The van der Waals surface area contributed by atoms with E-state index in [2.05, 4.69) is 0 Å². The van der Waals surface area contributed by atoms with E-state index in [0.29, 0.717) is 12.1 Å². The highest BCUT2D eigenvalue weighted by molar-refractivity contribution is 5.35. The zero-order valence-corrected chi connectivity index (χ0v) is 11.1. The van der Waals surface area contributed by atoms with Gasteiger partial charge in [0.2, 0.25) is 5.82 Å². The number of nitrogens with two attached hydrogens (primary N) is 1. The topological polar surface area (TPSA) is 74.1 Å². The molecule has 0 radical (unpaired) electrons. The van der Waals surface area contributed by atoms with Gasteiger partial charge in [-0.3, -0.25) is 10.1 Å². The van der Waals surface area contributed by atoms with Crippen LogP contribution in [0.2, 0.25) is 0 Å². The Hall–Kier alpha value is -2.21. The van der Waals surface area contributed by atoms with Crippen molar-refractivity contribution in [2.24, 2.45) is 5.73 Å². The molecule has 0 aliphatic carbocycles. The lowest BCUT2D eigenvalue weighted by Gasteiger charge is -2.11. The van der Waals surface area contributed by atoms with Gasteiger partial charge in [0.05, 0.1) is 4.92 Å². The second-order valence-corrected chi connectivity index (χ2v) is 4.85. The van der Waals surface area contributed by atoms with Crippen LogP contribution in [0.3, 0.4) is 0 Å². The van der Waals surface area contributed by atoms with Gasteiger partial charge in [0.1, 0.15) is 0 Å². The Balaban J connectivity index is 2.20. The van der Waals surface area contributed by atoms with E-state index in [1.165, 1.54) is 12.1 Å². The molecule has 2 aromatic rings. The average Bonchev–Trinajstić information content (AvgIpc) is 2.75. The predicted molar refractivity (Wildman–Crippen MR) is 73.9 cm³/mol. The Morgan fingerprint density at radius 2 is 2.20 bits per heavy atom. The third kappa shape index (κ3) is 3.21. The molecule has 0 fully saturated rings. The molecule has 0 saturated heterocycles. The summed E-state index contributed by atoms with van der Waals surface area (Å²) < 4.78 is 15.5. The summed E-state index contributed by atoms with van der Waals surface area (Å²) in [6.45, 7) is 2.38. The van der Waals surface area contributed by atoms with Crippen LogP contribution >= 0.6 is 0 Å². The standard InChI is InChI=1S/C14H16FN3O2/c1-10(16)7-12-3-2-6-17(12)9-11-4-5-14(18(19)20)13(15)8-11/h2-6,8,10H,7,9,16H2,1H3. The van der Waals surface area contributed by atoms with Gasteiger partial charge in [-0.25, -0.2) is 0 Å². The molecule has 5 nitrogen and oxygen atoms in total. The van der Waals surface area contributed by atoms with Crippen molar-refractivity contribution in [1.29, 1.82) is 0 Å². The number of nitro benzene ring substituents is 1. The van der Waals surface area contributed by atoms with Crippen molar-refractivity contribution in [1.82, 2.24) is 4.57 Å². The first-order chi connectivity index (χ1) is 9.47. The second-order valence-electron chi connectivity index (χ2n) is 4.85. The van der Waals surface area contributed by atoms with Crippen LogP contribution in [0.1, 0.15) is 18.2 Å². The predicted octanol–water partition coefficient (Wildman–Crippen LogP) is 2.47. The molecule has 1 unspecified atom stereocenters. The molecule has 0 aliphatic heterocycles. The van der Waals surface area contributed by atoms with E-state index in [-0.39, 0.29) is 6.04 Å². The third-order valence-electron chi connectivity index (χ3n) is 3.02. The van der Waals surface area contributed by atoms with Crippen molar-refractivity contribution in [2.45, 2.75) is 25.9 Å². The average molecular weight is 277 g/mol. The maximum absolute atomic E-state index is 13.6. The SMILES string of the molecule is CC(N)Cc1cccn1Cc1ccc([N+](=O)[O-])c(F)c1. The number of hydrogen-bond acceptors (Lipinski definition) is 3. The van der Waals surface area contributed by atoms with Crippen LogP contribution in [0.25, 0.3) is 0 Å². The first-order valence-corrected chi connectivity index (χ1v) is 6.30. The number of halogens is 1. The first kappa shape index (κ1) is 14.2. The molecule has 0 saturated carbocycles. The molecular weight excluding hydrogens is 261 g/mol. The number of nitrogens with zero attached hydrogens (tertiary/aromatic N) is 2. The Bertz CT molecular complexity index is 623. The van der Waals surface area contributed by atoms with Crippen molar-refractivity contribution in [3.63, 3.8) is 0 Å². The summed E-state index contributed by atoms with van der Waals surface area (Å²) in [5.41, 5.74) is 7.00. The van der Waals surface area contributed by atoms with Crippen LogP contribution in [0.15, 0.2) is 36.5 Å². The normalized spacial score (nSPS) is 12.3. The summed E-state index contributed by atoms with van der Waals surface area (Å²) in [4.78, 5) is 9.85. The lowest BCUT2D eigenvalue weighted by molar-refractivity contribution is -0.387. The van der Waals surface area contributed by atoms with E-state index in [1.807, 2.05) is 29.8 Å². The Morgan fingerprint density at radius 1 is 1.45 bits per heavy atom. The molecule has 20 heavy (non-hydrogen) atoms. The van der Waals surface area contributed by atoms with E-state index in [4.69, 9.17) is 5.73 Å². The van der Waals surface area contributed by atoms with Crippen molar-refractivity contribution >= 4 is 5.69 Å². The number of aromatic nitrogens is 1. The monoisotopic (exact) mass is 277 g/mol. The van der Waals surface area contributed by atoms with Gasteiger partial charge in [0, 0.05) is 37.0 Å². The molecule has 2 rings (SSSR count). The molecule has 106 valence electrons. The number of hydrogen-bond donors (Lipinski definition) is 1. The van der Waals surface area contributed by atoms with Crippen molar-refractivity contribution in [3.05, 3.63) is 63.7 Å². The van der Waals surface area contributed by atoms with Gasteiger partial charge < -0.3 is 10.3 Å². The molecule has 1 heterocycles. The lowest BCUT2D eigenvalue weighted by atomic mass is 10.1. The van der Waals surface area contributed by atoms with Crippen LogP contribution in [0.4, 0.5) is 10.1 Å². The second kappa shape index (κ2) is 5.83. The summed E-state index contributed by atoms with van der Waals surface area (Å²) >= 11 is 0. The molecule has 1 atom stereocenters. The fourth-order valence-corrected chi connectivity index (χ4v) is 2.11. The first-order valence-electron chi connectivity index (χ1n) is 6.30. The number of nitro groups is 1. The van der Waals surface area contributed by atoms with E-state index in [9.17, 15) is 14.5 Å². The highest BCUT2D eigenvalue weighted by Crippen LogP contribution is 2.19. The van der Waals surface area contributed by atoms with Crippen LogP contribution in [0, 0.1) is 15.9 Å². The van der Waals surface area contributed by atoms with E-state index in [1.54, 1.807) is 6.07 Å². The van der Waals surface area contributed by atoms with Gasteiger partial charge in [-0.05, 0) is 30.7 Å². The van der Waals surface area contributed by atoms with E-state index in [0.717, 1.165) is 12.1 Å². The highest BCUT2D eigenvalue weighted by Gasteiger charge is 2.14. The van der Waals surface area contributed by atoms with Gasteiger partial charge in [-0.2, -0.15) is 4.39 Å². The number of benzene rings is 1. The molecule has 6 heteroatoms. The van der Waals surface area contributed by atoms with Crippen molar-refractivity contribution < 1.29 is 9.31 Å². The maximum Gasteiger partial charge on any atom is 0.304 e. The van der Waals surface area contributed by atoms with Gasteiger partial charge >= 0.3 is 5.69 Å². The van der Waals surface area contributed by atoms with Crippen molar-refractivity contribution in [3.8, 4) is 0 Å². The molecular formula is C14H16FN3O2. The molecule has 1 aromatic heterocycles. The van der Waals surface area contributed by atoms with Gasteiger partial charge in [-0.15, -0.1) is 0 Å². The summed E-state index contributed by atoms with van der Waals surface area (Å²) in [5.74, 6) is -0.812. The van der Waals surface area contributed by atoms with Crippen LogP contribution in [-0.2, 0) is 13.0 Å². The largest absolute Gasteiger partial charge is 0.347 e. The van der Waals surface area contributed by atoms with Crippen LogP contribution < -0.4 is 5.73 Å². The minimum Gasteiger partial charge on any atom is -0.347 e. The summed E-state index contributed by atoms with van der Waals surface area (Å²) in [7, 11) is 0. The quantitative estimate of drug-likeness (QED) is 0.674. The summed E-state index contributed by atoms with van der Waals surface area (Å²) in [6, 6.07) is 7.87. The third-order valence-corrected chi connectivity index (χ3v) is 3.02. The lowest BCUT2D eigenvalue weighted by Crippen LogP contribution is -2.20. The van der Waals surface area contributed by atoms with Crippen molar-refractivity contribution in [2.75, 3.05) is 0 Å². The van der Waals surface area contributed by atoms with Crippen LogP contribution in [-0.4, -0.2) is 15.5 Å². The van der Waals surface area contributed by atoms with E-state index < -0.39 is 16.4 Å². The van der Waals surface area contributed by atoms with Gasteiger partial charge in [-0.1, -0.05) is 6.07 Å². The molecule has 0 spiro atoms. The van der Waals surface area contributed by atoms with Gasteiger partial charge in [0.25, 0.3) is 0 Å². The molecule has 2 N–H and O–H groups in total. The summed E-state index contributed by atoms with van der Waals surface area (Å²) in [6.07, 6.45) is 2.61. The molecule has 1 aromatic carbocycles. The Morgan fingerprint density at radius 3 is 2.80 bits per heavy atom. The Kier molecular flexibility index (Phi) is 4.14. The molecule has 0 bridgehead atoms. The maximum atomic E-state index is 13.6. The zero-order chi connectivity index (χ0) is 14.7. The Labute approximate surface area is 116 Å². The highest BCUT2D eigenvalue weighted by atomic mass is 19.1. The fourth-order valence-electron chi connectivity index (χ4n) is 2.11. The number of rotatable bonds is 5. The van der Waals surface area contributed by atoms with Crippen LogP contribution in [0.5, 0.6) is 0 Å². The molecule has 0 amide bonds. The van der Waals surface area contributed by atoms with E-state index >= 15 is 0 Å².